The first-order valence-corrected chi connectivity index (χ1v) is 13.0. The number of piperazine rings is 1. The van der Waals surface area contributed by atoms with Crippen molar-refractivity contribution in [2.45, 2.75) is 47.5 Å². The summed E-state index contributed by atoms with van der Waals surface area (Å²) in [5.74, 6) is 1.69. The molecule has 35 heavy (non-hydrogen) atoms. The van der Waals surface area contributed by atoms with Crippen molar-refractivity contribution in [1.29, 1.82) is 0 Å². The van der Waals surface area contributed by atoms with Crippen LogP contribution in [0.2, 0.25) is 0 Å². The molecular weight excluding hydrogens is 460 g/mol. The zero-order valence-electron chi connectivity index (χ0n) is 21.2. The third-order valence-corrected chi connectivity index (χ3v) is 6.96. The Hall–Kier alpha value is -3.11. The van der Waals surface area contributed by atoms with E-state index in [9.17, 15) is 4.79 Å². The van der Waals surface area contributed by atoms with E-state index in [-0.39, 0.29) is 5.91 Å². The molecule has 2 aromatic heterocycles. The number of aryl methyl sites for hydroxylation is 4. The van der Waals surface area contributed by atoms with E-state index in [2.05, 4.69) is 66.3 Å². The van der Waals surface area contributed by atoms with Gasteiger partial charge in [0.1, 0.15) is 10.7 Å². The lowest BCUT2D eigenvalue weighted by molar-refractivity contribution is 0.103. The number of hydrogen-bond donors (Lipinski definition) is 2. The first kappa shape index (κ1) is 25.0. The summed E-state index contributed by atoms with van der Waals surface area (Å²) in [6.45, 7) is 15.2. The Morgan fingerprint density at radius 2 is 1.74 bits per heavy atom. The quantitative estimate of drug-likeness (QED) is 0.477. The van der Waals surface area contributed by atoms with Crippen LogP contribution in [0.1, 0.15) is 52.5 Å². The Balaban J connectivity index is 1.46. The van der Waals surface area contributed by atoms with Crippen LogP contribution in [0.15, 0.2) is 18.3 Å². The highest BCUT2D eigenvalue weighted by Crippen LogP contribution is 2.26. The normalized spacial score (nSPS) is 14.3. The van der Waals surface area contributed by atoms with Gasteiger partial charge in [0.05, 0.1) is 6.20 Å². The maximum absolute atomic E-state index is 12.9. The summed E-state index contributed by atoms with van der Waals surface area (Å²) in [5.41, 5.74) is 4.10. The largest absolute Gasteiger partial charge is 0.338 e. The van der Waals surface area contributed by atoms with Gasteiger partial charge in [0.15, 0.2) is 5.13 Å². The summed E-state index contributed by atoms with van der Waals surface area (Å²) in [5, 5.41) is 6.79. The average molecular weight is 495 g/mol. The molecule has 0 aliphatic carbocycles. The molecule has 3 heterocycles. The predicted octanol–water partition coefficient (Wildman–Crippen LogP) is 4.34. The van der Waals surface area contributed by atoms with Gasteiger partial charge in [0.2, 0.25) is 11.9 Å². The van der Waals surface area contributed by atoms with Gasteiger partial charge in [-0.25, -0.2) is 4.98 Å². The van der Waals surface area contributed by atoms with E-state index in [0.717, 1.165) is 61.8 Å². The van der Waals surface area contributed by atoms with Gasteiger partial charge < -0.3 is 10.2 Å². The summed E-state index contributed by atoms with van der Waals surface area (Å²) in [7, 11) is 0. The number of amides is 1. The van der Waals surface area contributed by atoms with Crippen LogP contribution in [0, 0.1) is 20.8 Å². The molecule has 10 heteroatoms. The highest BCUT2D eigenvalue weighted by molar-refractivity contribution is 7.17. The van der Waals surface area contributed by atoms with E-state index >= 15 is 0 Å². The SMILES string of the molecule is CCCN1CCN(c2nc(CC)nc(Nc3ncc(C(=O)Nc4c(C)cc(C)cc4C)s3)n2)CC1. The zero-order valence-corrected chi connectivity index (χ0v) is 22.0. The minimum Gasteiger partial charge on any atom is -0.338 e. The van der Waals surface area contributed by atoms with Crippen molar-refractivity contribution in [2.75, 3.05) is 48.3 Å². The van der Waals surface area contributed by atoms with Gasteiger partial charge in [-0.2, -0.15) is 15.0 Å². The molecule has 3 aromatic rings. The average Bonchev–Trinajstić information content (AvgIpc) is 3.30. The van der Waals surface area contributed by atoms with Crippen LogP contribution in [0.4, 0.5) is 22.7 Å². The number of benzene rings is 1. The number of thiazole rings is 1. The van der Waals surface area contributed by atoms with Crippen molar-refractivity contribution in [3.8, 4) is 0 Å². The monoisotopic (exact) mass is 494 g/mol. The summed E-state index contributed by atoms with van der Waals surface area (Å²) in [4.78, 5) is 36.3. The van der Waals surface area contributed by atoms with Crippen molar-refractivity contribution < 1.29 is 4.79 Å². The molecule has 0 spiro atoms. The fraction of sp³-hybridized carbons (Fsp3) is 0.480. The Labute approximate surface area is 211 Å². The van der Waals surface area contributed by atoms with Crippen molar-refractivity contribution in [3.63, 3.8) is 0 Å². The second-order valence-electron chi connectivity index (χ2n) is 8.94. The van der Waals surface area contributed by atoms with Crippen molar-refractivity contribution in [3.05, 3.63) is 45.7 Å². The van der Waals surface area contributed by atoms with Crippen molar-refractivity contribution >= 4 is 40.0 Å². The minimum atomic E-state index is -0.180. The molecule has 1 fully saturated rings. The van der Waals surface area contributed by atoms with Gasteiger partial charge in [-0.3, -0.25) is 15.0 Å². The molecule has 0 saturated carbocycles. The van der Waals surface area contributed by atoms with Crippen LogP contribution in [0.25, 0.3) is 0 Å². The molecule has 1 aliphatic heterocycles. The Morgan fingerprint density at radius 1 is 1.03 bits per heavy atom. The highest BCUT2D eigenvalue weighted by Gasteiger charge is 2.20. The van der Waals surface area contributed by atoms with Gasteiger partial charge in [-0.05, 0) is 44.9 Å². The zero-order chi connectivity index (χ0) is 24.9. The number of carbonyl (C=O) groups excluding carboxylic acids is 1. The molecule has 9 nitrogen and oxygen atoms in total. The van der Waals surface area contributed by atoms with E-state index in [1.54, 1.807) is 6.20 Å². The van der Waals surface area contributed by atoms with Crippen LogP contribution in [-0.4, -0.2) is 63.5 Å². The second-order valence-corrected chi connectivity index (χ2v) is 9.97. The molecule has 0 bridgehead atoms. The molecule has 1 amide bonds. The van der Waals surface area contributed by atoms with Crippen molar-refractivity contribution in [1.82, 2.24) is 24.8 Å². The van der Waals surface area contributed by atoms with Crippen LogP contribution in [-0.2, 0) is 6.42 Å². The van der Waals surface area contributed by atoms with E-state index in [1.165, 1.54) is 16.9 Å². The number of nitrogens with one attached hydrogen (secondary N) is 2. The second kappa shape index (κ2) is 11.1. The van der Waals surface area contributed by atoms with Gasteiger partial charge in [-0.1, -0.05) is 42.9 Å². The maximum atomic E-state index is 12.9. The molecule has 1 aliphatic rings. The number of hydrogen-bond acceptors (Lipinski definition) is 9. The number of rotatable bonds is 8. The number of anilines is 4. The van der Waals surface area contributed by atoms with E-state index < -0.39 is 0 Å². The van der Waals surface area contributed by atoms with Gasteiger partial charge in [0, 0.05) is 38.3 Å². The molecule has 186 valence electrons. The third-order valence-electron chi connectivity index (χ3n) is 6.04. The fourth-order valence-corrected chi connectivity index (χ4v) is 5.04. The molecule has 0 radical (unpaired) electrons. The van der Waals surface area contributed by atoms with Gasteiger partial charge in [0.25, 0.3) is 5.91 Å². The van der Waals surface area contributed by atoms with Gasteiger partial charge in [-0.15, -0.1) is 0 Å². The minimum absolute atomic E-state index is 0.180. The van der Waals surface area contributed by atoms with E-state index in [1.807, 2.05) is 20.8 Å². The first-order valence-electron chi connectivity index (χ1n) is 12.2. The van der Waals surface area contributed by atoms with E-state index in [0.29, 0.717) is 28.3 Å². The first-order chi connectivity index (χ1) is 16.9. The summed E-state index contributed by atoms with van der Waals surface area (Å²) in [6.07, 6.45) is 3.45. The molecule has 4 rings (SSSR count). The molecule has 1 saturated heterocycles. The molecule has 2 N–H and O–H groups in total. The predicted molar refractivity (Wildman–Crippen MR) is 142 cm³/mol. The summed E-state index contributed by atoms with van der Waals surface area (Å²) in [6, 6.07) is 4.13. The molecule has 0 atom stereocenters. The number of nitrogens with zero attached hydrogens (tertiary/aromatic N) is 6. The Kier molecular flexibility index (Phi) is 7.92. The summed E-state index contributed by atoms with van der Waals surface area (Å²) < 4.78 is 0. The Morgan fingerprint density at radius 3 is 2.40 bits per heavy atom. The lowest BCUT2D eigenvalue weighted by atomic mass is 10.1. The van der Waals surface area contributed by atoms with Gasteiger partial charge >= 0.3 is 0 Å². The lowest BCUT2D eigenvalue weighted by Gasteiger charge is -2.34. The van der Waals surface area contributed by atoms with Crippen LogP contribution in [0.5, 0.6) is 0 Å². The highest BCUT2D eigenvalue weighted by atomic mass is 32.1. The number of aromatic nitrogens is 4. The standard InChI is InChI=1S/C25H34N8OS/c1-6-8-32-9-11-33(12-10-32)24-28-20(7-2)27-23(30-24)31-25-26-15-19(35-25)22(34)29-21-17(4)13-16(3)14-18(21)5/h13-15H,6-12H2,1-5H3,(H,29,34)(H,26,27,28,30,31). The lowest BCUT2D eigenvalue weighted by Crippen LogP contribution is -2.47. The molecular formula is C25H34N8OS. The topological polar surface area (TPSA) is 99.2 Å². The molecule has 1 aromatic carbocycles. The fourth-order valence-electron chi connectivity index (χ4n) is 4.34. The third kappa shape index (κ3) is 6.12. The van der Waals surface area contributed by atoms with Crippen molar-refractivity contribution in [2.24, 2.45) is 0 Å². The van der Waals surface area contributed by atoms with Crippen LogP contribution < -0.4 is 15.5 Å². The van der Waals surface area contributed by atoms with Crippen LogP contribution >= 0.6 is 11.3 Å². The number of carbonyl (C=O) groups is 1. The van der Waals surface area contributed by atoms with E-state index in [4.69, 9.17) is 0 Å². The summed E-state index contributed by atoms with van der Waals surface area (Å²) >= 11 is 1.28. The Bertz CT molecular complexity index is 1160. The smallest absolute Gasteiger partial charge is 0.267 e. The van der Waals surface area contributed by atoms with Crippen LogP contribution in [0.3, 0.4) is 0 Å². The maximum Gasteiger partial charge on any atom is 0.267 e. The molecule has 0 unspecified atom stereocenters.